The fraction of sp³-hybridized carbons (Fsp3) is 0.667. The summed E-state index contributed by atoms with van der Waals surface area (Å²) in [5.74, 6) is -0.252. The quantitative estimate of drug-likeness (QED) is 0.566. The summed E-state index contributed by atoms with van der Waals surface area (Å²) < 4.78 is 4.47. The van der Waals surface area contributed by atoms with Crippen molar-refractivity contribution in [2.75, 3.05) is 6.61 Å². The highest BCUT2D eigenvalue weighted by atomic mass is 16.5. The molecule has 0 aromatic rings. The Labute approximate surface area is 65.1 Å². The summed E-state index contributed by atoms with van der Waals surface area (Å²) in [6.07, 6.45) is -0.318. The molecular formula is C6H12N2O3. The van der Waals surface area contributed by atoms with Gasteiger partial charge in [-0.3, -0.25) is 10.2 Å². The van der Waals surface area contributed by atoms with E-state index in [1.165, 1.54) is 0 Å². The molecule has 0 fully saturated rings. The van der Waals surface area contributed by atoms with E-state index >= 15 is 0 Å². The van der Waals surface area contributed by atoms with Gasteiger partial charge in [0.2, 0.25) is 5.91 Å². The van der Waals surface area contributed by atoms with Crippen LogP contribution in [0.3, 0.4) is 0 Å². The van der Waals surface area contributed by atoms with Crippen LogP contribution in [0.5, 0.6) is 0 Å². The SMILES string of the molecule is CCOC(=O)NNC(=O)CC. The van der Waals surface area contributed by atoms with Crippen molar-refractivity contribution >= 4 is 12.0 Å². The lowest BCUT2D eigenvalue weighted by molar-refractivity contribution is -0.121. The summed E-state index contributed by atoms with van der Waals surface area (Å²) in [6.45, 7) is 3.65. The normalized spacial score (nSPS) is 8.55. The van der Waals surface area contributed by atoms with E-state index in [0.29, 0.717) is 6.42 Å². The summed E-state index contributed by atoms with van der Waals surface area (Å²) in [6, 6.07) is 0. The zero-order chi connectivity index (χ0) is 8.69. The van der Waals surface area contributed by atoms with Crippen LogP contribution in [-0.4, -0.2) is 18.6 Å². The van der Waals surface area contributed by atoms with E-state index < -0.39 is 6.09 Å². The van der Waals surface area contributed by atoms with Crippen molar-refractivity contribution in [3.8, 4) is 0 Å². The van der Waals surface area contributed by atoms with Gasteiger partial charge in [-0.2, -0.15) is 0 Å². The summed E-state index contributed by atoms with van der Waals surface area (Å²) in [5.41, 5.74) is 4.23. The van der Waals surface area contributed by atoms with Crippen molar-refractivity contribution in [3.05, 3.63) is 0 Å². The Morgan fingerprint density at radius 1 is 1.27 bits per heavy atom. The summed E-state index contributed by atoms with van der Waals surface area (Å²) in [4.78, 5) is 21.1. The maximum atomic E-state index is 10.5. The van der Waals surface area contributed by atoms with Crippen LogP contribution in [0.25, 0.3) is 0 Å². The third kappa shape index (κ3) is 5.20. The van der Waals surface area contributed by atoms with Crippen LogP contribution in [-0.2, 0) is 9.53 Å². The topological polar surface area (TPSA) is 67.4 Å². The zero-order valence-corrected chi connectivity index (χ0v) is 6.64. The lowest BCUT2D eigenvalue weighted by atomic mass is 10.5. The second-order valence-electron chi connectivity index (χ2n) is 1.75. The number of nitrogens with one attached hydrogen (secondary N) is 2. The number of ether oxygens (including phenoxy) is 1. The van der Waals surface area contributed by atoms with Crippen molar-refractivity contribution in [3.63, 3.8) is 0 Å². The van der Waals surface area contributed by atoms with E-state index in [1.807, 2.05) is 0 Å². The van der Waals surface area contributed by atoms with Gasteiger partial charge in [0.15, 0.2) is 0 Å². The lowest BCUT2D eigenvalue weighted by Gasteiger charge is -2.04. The second-order valence-corrected chi connectivity index (χ2v) is 1.75. The average Bonchev–Trinajstić information content (AvgIpc) is 2.01. The van der Waals surface area contributed by atoms with Crippen molar-refractivity contribution in [1.29, 1.82) is 0 Å². The molecule has 0 spiro atoms. The molecule has 64 valence electrons. The van der Waals surface area contributed by atoms with Crippen LogP contribution < -0.4 is 10.9 Å². The molecule has 0 bridgehead atoms. The van der Waals surface area contributed by atoms with E-state index in [-0.39, 0.29) is 12.5 Å². The van der Waals surface area contributed by atoms with Crippen LogP contribution in [0.4, 0.5) is 4.79 Å². The first-order valence-corrected chi connectivity index (χ1v) is 3.42. The molecule has 0 unspecified atom stereocenters. The smallest absolute Gasteiger partial charge is 0.426 e. The van der Waals surface area contributed by atoms with Gasteiger partial charge < -0.3 is 4.74 Å². The highest BCUT2D eigenvalue weighted by Crippen LogP contribution is 1.75. The van der Waals surface area contributed by atoms with Crippen LogP contribution in [0, 0.1) is 0 Å². The zero-order valence-electron chi connectivity index (χ0n) is 6.64. The van der Waals surface area contributed by atoms with Gasteiger partial charge in [-0.1, -0.05) is 6.92 Å². The van der Waals surface area contributed by atoms with Gasteiger partial charge in [0.25, 0.3) is 0 Å². The van der Waals surface area contributed by atoms with E-state index in [4.69, 9.17) is 0 Å². The highest BCUT2D eigenvalue weighted by molar-refractivity contribution is 5.78. The van der Waals surface area contributed by atoms with E-state index in [0.717, 1.165) is 0 Å². The molecule has 2 N–H and O–H groups in total. The Kier molecular flexibility index (Phi) is 4.89. The van der Waals surface area contributed by atoms with E-state index in [1.54, 1.807) is 13.8 Å². The largest absolute Gasteiger partial charge is 0.449 e. The first-order valence-electron chi connectivity index (χ1n) is 3.42. The van der Waals surface area contributed by atoms with Gasteiger partial charge in [0.1, 0.15) is 0 Å². The second kappa shape index (κ2) is 5.52. The van der Waals surface area contributed by atoms with Crippen LogP contribution in [0.15, 0.2) is 0 Å². The Balaban J connectivity index is 3.38. The van der Waals surface area contributed by atoms with Crippen LogP contribution in [0.1, 0.15) is 20.3 Å². The first-order chi connectivity index (χ1) is 5.20. The van der Waals surface area contributed by atoms with Crippen molar-refractivity contribution < 1.29 is 14.3 Å². The number of hydrogen-bond donors (Lipinski definition) is 2. The molecule has 2 amide bonds. The Hall–Kier alpha value is -1.26. The molecule has 0 rings (SSSR count). The minimum Gasteiger partial charge on any atom is -0.449 e. The molecule has 0 aromatic heterocycles. The molecule has 0 aromatic carbocycles. The Morgan fingerprint density at radius 3 is 2.36 bits per heavy atom. The maximum Gasteiger partial charge on any atom is 0.426 e. The molecule has 0 heterocycles. The molecule has 11 heavy (non-hydrogen) atoms. The van der Waals surface area contributed by atoms with Crippen molar-refractivity contribution in [2.45, 2.75) is 20.3 Å². The fourth-order valence-electron chi connectivity index (χ4n) is 0.376. The predicted molar refractivity (Wildman–Crippen MR) is 38.6 cm³/mol. The third-order valence-corrected chi connectivity index (χ3v) is 0.901. The minimum absolute atomic E-state index is 0.252. The average molecular weight is 160 g/mol. The molecular weight excluding hydrogens is 148 g/mol. The molecule has 0 saturated heterocycles. The first kappa shape index (κ1) is 9.74. The molecule has 5 nitrogen and oxygen atoms in total. The molecule has 0 aliphatic heterocycles. The monoisotopic (exact) mass is 160 g/mol. The summed E-state index contributed by atoms with van der Waals surface area (Å²) in [5, 5.41) is 0. The van der Waals surface area contributed by atoms with Gasteiger partial charge in [0.05, 0.1) is 6.61 Å². The Morgan fingerprint density at radius 2 is 1.91 bits per heavy atom. The van der Waals surface area contributed by atoms with Gasteiger partial charge in [-0.05, 0) is 6.92 Å². The number of hydrazine groups is 1. The third-order valence-electron chi connectivity index (χ3n) is 0.901. The van der Waals surface area contributed by atoms with Crippen molar-refractivity contribution in [2.24, 2.45) is 0 Å². The standard InChI is InChI=1S/C6H12N2O3/c1-3-5(9)7-8-6(10)11-4-2/h3-4H2,1-2H3,(H,7,9)(H,8,10). The fourth-order valence-corrected chi connectivity index (χ4v) is 0.376. The number of rotatable bonds is 2. The molecule has 0 aliphatic rings. The van der Waals surface area contributed by atoms with E-state index in [2.05, 4.69) is 15.6 Å². The van der Waals surface area contributed by atoms with Gasteiger partial charge in [0, 0.05) is 6.42 Å². The molecule has 0 saturated carbocycles. The number of amides is 2. The molecule has 5 heteroatoms. The lowest BCUT2D eigenvalue weighted by Crippen LogP contribution is -2.41. The predicted octanol–water partition coefficient (Wildman–Crippen LogP) is 0.174. The van der Waals surface area contributed by atoms with Crippen LogP contribution in [0.2, 0.25) is 0 Å². The number of hydrogen-bond acceptors (Lipinski definition) is 3. The summed E-state index contributed by atoms with van der Waals surface area (Å²) in [7, 11) is 0. The molecule has 0 aliphatic carbocycles. The molecule has 0 radical (unpaired) electrons. The summed E-state index contributed by atoms with van der Waals surface area (Å²) >= 11 is 0. The van der Waals surface area contributed by atoms with E-state index in [9.17, 15) is 9.59 Å². The number of carbonyl (C=O) groups is 2. The number of carbonyl (C=O) groups excluding carboxylic acids is 2. The maximum absolute atomic E-state index is 10.5. The van der Waals surface area contributed by atoms with Gasteiger partial charge >= 0.3 is 6.09 Å². The van der Waals surface area contributed by atoms with Gasteiger partial charge in [-0.15, -0.1) is 0 Å². The highest BCUT2D eigenvalue weighted by Gasteiger charge is 2.00. The molecule has 0 atom stereocenters. The van der Waals surface area contributed by atoms with Crippen molar-refractivity contribution in [1.82, 2.24) is 10.9 Å². The van der Waals surface area contributed by atoms with Crippen LogP contribution >= 0.6 is 0 Å². The minimum atomic E-state index is -0.644. The Bertz CT molecular complexity index is 147. The van der Waals surface area contributed by atoms with Gasteiger partial charge in [-0.25, -0.2) is 10.2 Å².